The number of likely N-dealkylation sites (tertiary alicyclic amines) is 1. The van der Waals surface area contributed by atoms with Gasteiger partial charge < -0.3 is 4.90 Å². The van der Waals surface area contributed by atoms with E-state index in [1.54, 1.807) is 0 Å². The number of hydrogen-bond acceptors (Lipinski definition) is 4. The Balaban J connectivity index is 1.45. The Bertz CT molecular complexity index is 974. The minimum Gasteiger partial charge on any atom is -0.337 e. The molecule has 1 aromatic carbocycles. The topological polar surface area (TPSA) is 41.4 Å². The van der Waals surface area contributed by atoms with Crippen LogP contribution in [0.25, 0.3) is 0 Å². The molecule has 164 valence electrons. The quantitative estimate of drug-likeness (QED) is 0.552. The van der Waals surface area contributed by atoms with E-state index in [0.717, 1.165) is 43.8 Å². The van der Waals surface area contributed by atoms with Gasteiger partial charge >= 0.3 is 0 Å². The van der Waals surface area contributed by atoms with Gasteiger partial charge in [-0.05, 0) is 62.2 Å². The first-order valence-corrected chi connectivity index (χ1v) is 12.0. The molecule has 0 bridgehead atoms. The first-order chi connectivity index (χ1) is 15.0. The summed E-state index contributed by atoms with van der Waals surface area (Å²) in [5.41, 5.74) is 3.85. The molecule has 3 aromatic rings. The molecule has 1 amide bonds. The molecule has 3 heterocycles. The summed E-state index contributed by atoms with van der Waals surface area (Å²) in [6, 6.07) is 14.7. The molecular formula is C25H32N4OS. The second-order valence-electron chi connectivity index (χ2n) is 8.64. The number of piperidine rings is 1. The summed E-state index contributed by atoms with van der Waals surface area (Å²) in [4.78, 5) is 18.5. The molecular weight excluding hydrogens is 404 g/mol. The predicted molar refractivity (Wildman–Crippen MR) is 126 cm³/mol. The Morgan fingerprint density at radius 2 is 1.94 bits per heavy atom. The Labute approximate surface area is 189 Å². The molecule has 0 radical (unpaired) electrons. The van der Waals surface area contributed by atoms with Crippen LogP contribution in [0.4, 0.5) is 0 Å². The van der Waals surface area contributed by atoms with Crippen LogP contribution in [0.5, 0.6) is 0 Å². The number of thiophene rings is 1. The summed E-state index contributed by atoms with van der Waals surface area (Å²) < 4.78 is 1.95. The molecule has 4 rings (SSSR count). The number of likely N-dealkylation sites (N-methyl/N-ethyl adjacent to an activating group) is 1. The second kappa shape index (κ2) is 9.79. The SMILES string of the molecule is Cc1c(CN2CCC([C@@H](Cc3ccccc3)N(C)C(=O)c3cccs3)CC2)cnn1C. The van der Waals surface area contributed by atoms with Crippen molar-refractivity contribution < 1.29 is 4.79 Å². The van der Waals surface area contributed by atoms with E-state index >= 15 is 0 Å². The first kappa shape index (κ1) is 21.8. The van der Waals surface area contributed by atoms with Crippen LogP contribution >= 0.6 is 11.3 Å². The molecule has 0 spiro atoms. The van der Waals surface area contributed by atoms with Crippen molar-refractivity contribution in [2.45, 2.75) is 38.8 Å². The fraction of sp³-hybridized carbons (Fsp3) is 0.440. The van der Waals surface area contributed by atoms with Crippen LogP contribution in [0.3, 0.4) is 0 Å². The van der Waals surface area contributed by atoms with Gasteiger partial charge in [-0.15, -0.1) is 11.3 Å². The maximum Gasteiger partial charge on any atom is 0.263 e. The molecule has 1 fully saturated rings. The van der Waals surface area contributed by atoms with Gasteiger partial charge in [-0.25, -0.2) is 0 Å². The molecule has 6 heteroatoms. The van der Waals surface area contributed by atoms with Crippen molar-refractivity contribution in [1.29, 1.82) is 0 Å². The number of rotatable bonds is 7. The van der Waals surface area contributed by atoms with Crippen LogP contribution in [0, 0.1) is 12.8 Å². The molecule has 5 nitrogen and oxygen atoms in total. The summed E-state index contributed by atoms with van der Waals surface area (Å²) in [6.07, 6.45) is 5.12. The van der Waals surface area contributed by atoms with Crippen LogP contribution in [-0.2, 0) is 20.0 Å². The van der Waals surface area contributed by atoms with Crippen LogP contribution < -0.4 is 0 Å². The lowest BCUT2D eigenvalue weighted by molar-refractivity contribution is 0.0589. The zero-order valence-corrected chi connectivity index (χ0v) is 19.5. The van der Waals surface area contributed by atoms with Gasteiger partial charge in [0.1, 0.15) is 0 Å². The number of nitrogens with zero attached hydrogens (tertiary/aromatic N) is 4. The van der Waals surface area contributed by atoms with Crippen LogP contribution in [0.15, 0.2) is 54.0 Å². The number of amides is 1. The fourth-order valence-corrected chi connectivity index (χ4v) is 5.34. The second-order valence-corrected chi connectivity index (χ2v) is 9.59. The van der Waals surface area contributed by atoms with Gasteiger partial charge in [0.25, 0.3) is 5.91 Å². The molecule has 2 aromatic heterocycles. The average molecular weight is 437 g/mol. The molecule has 0 aliphatic carbocycles. The minimum atomic E-state index is 0.143. The monoisotopic (exact) mass is 436 g/mol. The largest absolute Gasteiger partial charge is 0.337 e. The fourth-order valence-electron chi connectivity index (χ4n) is 4.64. The highest BCUT2D eigenvalue weighted by Crippen LogP contribution is 2.28. The zero-order valence-electron chi connectivity index (χ0n) is 18.7. The molecule has 1 saturated heterocycles. The normalized spacial score (nSPS) is 16.4. The van der Waals surface area contributed by atoms with E-state index in [2.05, 4.69) is 47.3 Å². The van der Waals surface area contributed by atoms with E-state index in [0.29, 0.717) is 5.92 Å². The molecule has 31 heavy (non-hydrogen) atoms. The van der Waals surface area contributed by atoms with Gasteiger partial charge in [-0.2, -0.15) is 5.10 Å². The number of aromatic nitrogens is 2. The average Bonchev–Trinajstić information content (AvgIpc) is 3.44. The maximum absolute atomic E-state index is 13.1. The smallest absolute Gasteiger partial charge is 0.263 e. The van der Waals surface area contributed by atoms with Crippen molar-refractivity contribution in [3.63, 3.8) is 0 Å². The number of carbonyl (C=O) groups excluding carboxylic acids is 1. The third kappa shape index (κ3) is 5.08. The van der Waals surface area contributed by atoms with Crippen LogP contribution in [-0.4, -0.2) is 51.7 Å². The summed E-state index contributed by atoms with van der Waals surface area (Å²) in [5, 5.41) is 6.36. The number of benzene rings is 1. The summed E-state index contributed by atoms with van der Waals surface area (Å²) in [5.74, 6) is 0.643. The summed E-state index contributed by atoms with van der Waals surface area (Å²) in [7, 11) is 3.99. The first-order valence-electron chi connectivity index (χ1n) is 11.1. The standard InChI is InChI=1S/C25H32N4OS/c1-19-22(17-26-28(19)3)18-29-13-11-21(12-14-29)23(16-20-8-5-4-6-9-20)27(2)25(30)24-10-7-15-31-24/h4-10,15,17,21,23H,11-14,16,18H2,1-3H3/t23-/m1/s1. The van der Waals surface area contributed by atoms with Gasteiger partial charge in [0.05, 0.1) is 11.1 Å². The van der Waals surface area contributed by atoms with Crippen molar-refractivity contribution >= 4 is 17.2 Å². The summed E-state index contributed by atoms with van der Waals surface area (Å²) in [6.45, 7) is 5.21. The zero-order chi connectivity index (χ0) is 21.8. The summed E-state index contributed by atoms with van der Waals surface area (Å²) >= 11 is 1.53. The molecule has 0 unspecified atom stereocenters. The molecule has 1 aliphatic rings. The lowest BCUT2D eigenvalue weighted by Crippen LogP contribution is -2.47. The number of hydrogen-bond donors (Lipinski definition) is 0. The molecule has 0 N–H and O–H groups in total. The minimum absolute atomic E-state index is 0.143. The number of carbonyl (C=O) groups is 1. The van der Waals surface area contributed by atoms with Crippen molar-refractivity contribution in [1.82, 2.24) is 19.6 Å². The Morgan fingerprint density at radius 1 is 1.19 bits per heavy atom. The van der Waals surface area contributed by atoms with Gasteiger partial charge in [0.2, 0.25) is 0 Å². The highest BCUT2D eigenvalue weighted by atomic mass is 32.1. The van der Waals surface area contributed by atoms with E-state index in [-0.39, 0.29) is 11.9 Å². The molecule has 1 aliphatic heterocycles. The highest BCUT2D eigenvalue weighted by molar-refractivity contribution is 7.12. The van der Waals surface area contributed by atoms with E-state index < -0.39 is 0 Å². The molecule has 0 saturated carbocycles. The Hall–Kier alpha value is -2.44. The lowest BCUT2D eigenvalue weighted by Gasteiger charge is -2.40. The van der Waals surface area contributed by atoms with Crippen molar-refractivity contribution in [2.24, 2.45) is 13.0 Å². The van der Waals surface area contributed by atoms with E-state index in [1.165, 1.54) is 28.2 Å². The Kier molecular flexibility index (Phi) is 6.88. The van der Waals surface area contributed by atoms with Crippen molar-refractivity contribution in [2.75, 3.05) is 20.1 Å². The Morgan fingerprint density at radius 3 is 2.55 bits per heavy atom. The van der Waals surface area contributed by atoms with Gasteiger partial charge in [0, 0.05) is 37.9 Å². The third-order valence-corrected chi connectivity index (χ3v) is 7.60. The predicted octanol–water partition coefficient (Wildman–Crippen LogP) is 4.39. The van der Waals surface area contributed by atoms with Gasteiger partial charge in [0.15, 0.2) is 0 Å². The van der Waals surface area contributed by atoms with Crippen molar-refractivity contribution in [3.05, 3.63) is 75.7 Å². The van der Waals surface area contributed by atoms with Crippen LogP contribution in [0.2, 0.25) is 0 Å². The van der Waals surface area contributed by atoms with E-state index in [4.69, 9.17) is 0 Å². The molecule has 1 atom stereocenters. The van der Waals surface area contributed by atoms with Gasteiger partial charge in [-0.3, -0.25) is 14.4 Å². The van der Waals surface area contributed by atoms with Crippen LogP contribution in [0.1, 0.15) is 39.3 Å². The number of aryl methyl sites for hydroxylation is 1. The third-order valence-electron chi connectivity index (χ3n) is 6.74. The van der Waals surface area contributed by atoms with Gasteiger partial charge in [-0.1, -0.05) is 36.4 Å². The van der Waals surface area contributed by atoms with Crippen molar-refractivity contribution in [3.8, 4) is 0 Å². The van der Waals surface area contributed by atoms with E-state index in [9.17, 15) is 4.79 Å². The highest BCUT2D eigenvalue weighted by Gasteiger charge is 2.32. The lowest BCUT2D eigenvalue weighted by atomic mass is 9.84. The maximum atomic E-state index is 13.1. The van der Waals surface area contributed by atoms with E-state index in [1.807, 2.05) is 47.4 Å².